The molecule has 0 fully saturated rings. The van der Waals surface area contributed by atoms with Gasteiger partial charge in [0.25, 0.3) is 0 Å². The van der Waals surface area contributed by atoms with Gasteiger partial charge in [0.15, 0.2) is 0 Å². The topological polar surface area (TPSA) is 63.8 Å². The summed E-state index contributed by atoms with van der Waals surface area (Å²) >= 11 is 5.83. The van der Waals surface area contributed by atoms with Crippen molar-refractivity contribution in [3.63, 3.8) is 0 Å². The summed E-state index contributed by atoms with van der Waals surface area (Å²) in [4.78, 5) is 8.49. The summed E-state index contributed by atoms with van der Waals surface area (Å²) in [7, 11) is 0. The minimum Gasteiger partial charge on any atom is -0.271 e. The lowest BCUT2D eigenvalue weighted by Gasteiger charge is -2.17. The van der Waals surface area contributed by atoms with Crippen molar-refractivity contribution in [2.45, 2.75) is 12.5 Å². The monoisotopic (exact) mass is 298 g/mol. The number of rotatable bonds is 4. The standard InChI is InChI=1S/C16H15ClN4/c17-16-6-5-12(10-20-16)15(21-18)9-11-7-8-19-14-4-2-1-3-13(11)14/h1-8,10,15,21H,9,18H2. The molecule has 0 saturated heterocycles. The highest BCUT2D eigenvalue weighted by Gasteiger charge is 2.13. The van der Waals surface area contributed by atoms with Crippen molar-refractivity contribution in [1.29, 1.82) is 0 Å². The Hall–Kier alpha value is -2.01. The van der Waals surface area contributed by atoms with Crippen LogP contribution in [0, 0.1) is 0 Å². The number of halogens is 1. The molecule has 5 heteroatoms. The van der Waals surface area contributed by atoms with E-state index in [1.165, 1.54) is 5.56 Å². The first-order valence-electron chi connectivity index (χ1n) is 6.68. The second-order valence-corrected chi connectivity index (χ2v) is 5.21. The molecule has 0 bridgehead atoms. The number of hydrogen-bond donors (Lipinski definition) is 2. The molecule has 0 spiro atoms. The molecule has 3 N–H and O–H groups in total. The minimum absolute atomic E-state index is 0.0272. The maximum atomic E-state index is 5.83. The quantitative estimate of drug-likeness (QED) is 0.441. The van der Waals surface area contributed by atoms with Gasteiger partial charge in [0.2, 0.25) is 0 Å². The van der Waals surface area contributed by atoms with Crippen LogP contribution in [0.5, 0.6) is 0 Å². The van der Waals surface area contributed by atoms with Crippen LogP contribution in [0.4, 0.5) is 0 Å². The normalized spacial score (nSPS) is 12.5. The van der Waals surface area contributed by atoms with Crippen LogP contribution in [0.15, 0.2) is 54.9 Å². The largest absolute Gasteiger partial charge is 0.271 e. The summed E-state index contributed by atoms with van der Waals surface area (Å²) in [5.41, 5.74) is 6.03. The van der Waals surface area contributed by atoms with Gasteiger partial charge >= 0.3 is 0 Å². The number of hydrazine groups is 1. The Morgan fingerprint density at radius 2 is 1.95 bits per heavy atom. The van der Waals surface area contributed by atoms with Gasteiger partial charge in [-0.3, -0.25) is 16.3 Å². The number of nitrogens with one attached hydrogen (secondary N) is 1. The molecule has 0 aliphatic carbocycles. The van der Waals surface area contributed by atoms with Crippen molar-refractivity contribution in [3.8, 4) is 0 Å². The van der Waals surface area contributed by atoms with Crippen LogP contribution in [0.2, 0.25) is 5.15 Å². The van der Waals surface area contributed by atoms with Gasteiger partial charge in [-0.05, 0) is 35.7 Å². The molecule has 0 aliphatic rings. The molecule has 106 valence electrons. The lowest BCUT2D eigenvalue weighted by Crippen LogP contribution is -2.29. The highest BCUT2D eigenvalue weighted by Crippen LogP contribution is 2.23. The van der Waals surface area contributed by atoms with E-state index in [4.69, 9.17) is 17.4 Å². The van der Waals surface area contributed by atoms with Crippen LogP contribution in [0.1, 0.15) is 17.2 Å². The minimum atomic E-state index is -0.0272. The Morgan fingerprint density at radius 1 is 1.10 bits per heavy atom. The highest BCUT2D eigenvalue weighted by molar-refractivity contribution is 6.29. The molecule has 0 aliphatic heterocycles. The average Bonchev–Trinajstić information content (AvgIpc) is 2.54. The van der Waals surface area contributed by atoms with Crippen LogP contribution in [-0.4, -0.2) is 9.97 Å². The van der Waals surface area contributed by atoms with Gasteiger partial charge in [-0.2, -0.15) is 0 Å². The highest BCUT2D eigenvalue weighted by atomic mass is 35.5. The van der Waals surface area contributed by atoms with Gasteiger partial charge < -0.3 is 0 Å². The van der Waals surface area contributed by atoms with Crippen molar-refractivity contribution in [2.75, 3.05) is 0 Å². The average molecular weight is 299 g/mol. The molecule has 2 aromatic heterocycles. The SMILES string of the molecule is NNC(Cc1ccnc2ccccc12)c1ccc(Cl)nc1. The summed E-state index contributed by atoms with van der Waals surface area (Å²) in [6.07, 6.45) is 4.32. The summed E-state index contributed by atoms with van der Waals surface area (Å²) in [5.74, 6) is 5.71. The van der Waals surface area contributed by atoms with Gasteiger partial charge in [-0.25, -0.2) is 4.98 Å². The predicted octanol–water partition coefficient (Wildman–Crippen LogP) is 3.03. The van der Waals surface area contributed by atoms with E-state index in [9.17, 15) is 0 Å². The van der Waals surface area contributed by atoms with E-state index in [0.717, 1.165) is 22.9 Å². The zero-order chi connectivity index (χ0) is 14.7. The van der Waals surface area contributed by atoms with Crippen LogP contribution >= 0.6 is 11.6 Å². The Balaban J connectivity index is 1.94. The zero-order valence-electron chi connectivity index (χ0n) is 11.3. The number of benzene rings is 1. The number of aromatic nitrogens is 2. The Bertz CT molecular complexity index is 737. The number of para-hydroxylation sites is 1. The van der Waals surface area contributed by atoms with E-state index in [1.807, 2.05) is 36.5 Å². The van der Waals surface area contributed by atoms with E-state index in [-0.39, 0.29) is 6.04 Å². The van der Waals surface area contributed by atoms with Crippen molar-refractivity contribution >= 4 is 22.5 Å². The van der Waals surface area contributed by atoms with Crippen LogP contribution in [-0.2, 0) is 6.42 Å². The van der Waals surface area contributed by atoms with Gasteiger partial charge in [0.05, 0.1) is 11.6 Å². The molecule has 4 nitrogen and oxygen atoms in total. The fourth-order valence-electron chi connectivity index (χ4n) is 2.42. The maximum absolute atomic E-state index is 5.83. The van der Waals surface area contributed by atoms with Gasteiger partial charge in [-0.1, -0.05) is 35.9 Å². The predicted molar refractivity (Wildman–Crippen MR) is 84.8 cm³/mol. The molecule has 0 saturated carbocycles. The van der Waals surface area contributed by atoms with E-state index < -0.39 is 0 Å². The van der Waals surface area contributed by atoms with Crippen molar-refractivity contribution < 1.29 is 0 Å². The summed E-state index contributed by atoms with van der Waals surface area (Å²) < 4.78 is 0. The number of pyridine rings is 2. The zero-order valence-corrected chi connectivity index (χ0v) is 12.1. The first-order valence-corrected chi connectivity index (χ1v) is 7.06. The first-order chi connectivity index (χ1) is 10.3. The van der Waals surface area contributed by atoms with Crippen molar-refractivity contribution in [1.82, 2.24) is 15.4 Å². The van der Waals surface area contributed by atoms with E-state index in [2.05, 4.69) is 21.5 Å². The molecule has 3 rings (SSSR count). The number of nitrogens with zero attached hydrogens (tertiary/aromatic N) is 2. The fourth-order valence-corrected chi connectivity index (χ4v) is 2.53. The fraction of sp³-hybridized carbons (Fsp3) is 0.125. The molecule has 1 unspecified atom stereocenters. The van der Waals surface area contributed by atoms with Crippen LogP contribution in [0.3, 0.4) is 0 Å². The Labute approximate surface area is 128 Å². The number of nitrogens with two attached hydrogens (primary N) is 1. The molecule has 1 aromatic carbocycles. The van der Waals surface area contributed by atoms with E-state index in [0.29, 0.717) is 5.15 Å². The molecular formula is C16H15ClN4. The third-order valence-corrected chi connectivity index (χ3v) is 3.74. The molecule has 1 atom stereocenters. The van der Waals surface area contributed by atoms with Gasteiger partial charge in [0, 0.05) is 17.8 Å². The van der Waals surface area contributed by atoms with Crippen LogP contribution < -0.4 is 11.3 Å². The summed E-state index contributed by atoms with van der Waals surface area (Å²) in [6, 6.07) is 13.8. The number of hydrogen-bond acceptors (Lipinski definition) is 4. The summed E-state index contributed by atoms with van der Waals surface area (Å²) in [6.45, 7) is 0. The smallest absolute Gasteiger partial charge is 0.129 e. The van der Waals surface area contributed by atoms with Crippen molar-refractivity contribution in [2.24, 2.45) is 5.84 Å². The van der Waals surface area contributed by atoms with Crippen LogP contribution in [0.25, 0.3) is 10.9 Å². The van der Waals surface area contributed by atoms with Gasteiger partial charge in [0.1, 0.15) is 5.15 Å². The lowest BCUT2D eigenvalue weighted by molar-refractivity contribution is 0.551. The maximum Gasteiger partial charge on any atom is 0.129 e. The molecule has 0 amide bonds. The molecular weight excluding hydrogens is 284 g/mol. The molecule has 2 heterocycles. The second-order valence-electron chi connectivity index (χ2n) is 4.82. The van der Waals surface area contributed by atoms with E-state index >= 15 is 0 Å². The Kier molecular flexibility index (Phi) is 4.10. The first kappa shape index (κ1) is 13.9. The van der Waals surface area contributed by atoms with Gasteiger partial charge in [-0.15, -0.1) is 0 Å². The Morgan fingerprint density at radius 3 is 2.71 bits per heavy atom. The molecule has 21 heavy (non-hydrogen) atoms. The molecule has 3 aromatic rings. The van der Waals surface area contributed by atoms with E-state index in [1.54, 1.807) is 12.3 Å². The third kappa shape index (κ3) is 3.03. The third-order valence-electron chi connectivity index (χ3n) is 3.52. The summed E-state index contributed by atoms with van der Waals surface area (Å²) in [5, 5.41) is 1.62. The number of fused-ring (bicyclic) bond motifs is 1. The molecule has 0 radical (unpaired) electrons. The lowest BCUT2D eigenvalue weighted by atomic mass is 9.98. The van der Waals surface area contributed by atoms with Crippen molar-refractivity contribution in [3.05, 3.63) is 71.1 Å². The second kappa shape index (κ2) is 6.18.